The first-order valence-electron chi connectivity index (χ1n) is 11.2. The minimum Gasteiger partial charge on any atom is -0.368 e. The number of ether oxygens (including phenoxy) is 1. The Morgan fingerprint density at radius 1 is 1.19 bits per heavy atom. The van der Waals surface area contributed by atoms with Gasteiger partial charge in [-0.3, -0.25) is 9.48 Å². The maximum absolute atomic E-state index is 12.6. The molecule has 0 bridgehead atoms. The third kappa shape index (κ3) is 5.64. The fourth-order valence-electron chi connectivity index (χ4n) is 4.11. The maximum atomic E-state index is 12.6. The van der Waals surface area contributed by atoms with Gasteiger partial charge in [-0.25, -0.2) is 4.99 Å². The molecule has 8 nitrogen and oxygen atoms in total. The molecule has 2 fully saturated rings. The van der Waals surface area contributed by atoms with Crippen molar-refractivity contribution in [2.45, 2.75) is 39.0 Å². The molecule has 2 saturated heterocycles. The van der Waals surface area contributed by atoms with Crippen molar-refractivity contribution in [2.24, 2.45) is 4.99 Å². The van der Waals surface area contributed by atoms with Crippen LogP contribution in [0.2, 0.25) is 0 Å². The summed E-state index contributed by atoms with van der Waals surface area (Å²) in [6, 6.07) is 10.4. The molecule has 2 aliphatic heterocycles. The molecule has 166 valence electrons. The number of nitrogens with zero attached hydrogens (tertiary/aromatic N) is 5. The Labute approximate surface area is 183 Å². The second kappa shape index (κ2) is 10.4. The van der Waals surface area contributed by atoms with E-state index in [-0.39, 0.29) is 12.0 Å². The lowest BCUT2D eigenvalue weighted by Crippen LogP contribution is -2.55. The average molecular weight is 425 g/mol. The molecule has 8 heteroatoms. The van der Waals surface area contributed by atoms with Gasteiger partial charge in [-0.05, 0) is 37.0 Å². The van der Waals surface area contributed by atoms with Crippen molar-refractivity contribution in [1.82, 2.24) is 24.9 Å². The van der Waals surface area contributed by atoms with Crippen LogP contribution < -0.4 is 5.32 Å². The molecule has 1 atom stereocenters. The topological polar surface area (TPSA) is 75.0 Å². The van der Waals surface area contributed by atoms with Crippen molar-refractivity contribution < 1.29 is 9.53 Å². The van der Waals surface area contributed by atoms with Crippen molar-refractivity contribution in [3.8, 4) is 0 Å². The molecule has 1 amide bonds. The quantitative estimate of drug-likeness (QED) is 0.565. The standard InChI is InChI=1S/C23H32N6O2/c1-2-24-23(28-13-11-27(12-14-28)22(30)21-8-4-15-31-21)25-17-19-6-3-7-20(16-19)18-29-10-5-9-26-29/h3,5-7,9-10,16,21H,2,4,8,11-15,17-18H2,1H3,(H,24,25). The third-order valence-electron chi connectivity index (χ3n) is 5.74. The summed E-state index contributed by atoms with van der Waals surface area (Å²) in [4.78, 5) is 21.6. The largest absolute Gasteiger partial charge is 0.368 e. The first-order valence-corrected chi connectivity index (χ1v) is 11.2. The summed E-state index contributed by atoms with van der Waals surface area (Å²) in [5, 5.41) is 7.69. The first-order chi connectivity index (χ1) is 15.2. The molecule has 1 aromatic carbocycles. The van der Waals surface area contributed by atoms with E-state index in [2.05, 4.69) is 46.5 Å². The lowest BCUT2D eigenvalue weighted by Gasteiger charge is -2.37. The SMILES string of the molecule is CCNC(=NCc1cccc(Cn2cccn2)c1)N1CCN(C(=O)C2CCCO2)CC1. The van der Waals surface area contributed by atoms with Crippen molar-refractivity contribution in [3.05, 3.63) is 53.9 Å². The van der Waals surface area contributed by atoms with Crippen LogP contribution in [0.3, 0.4) is 0 Å². The predicted octanol–water partition coefficient (Wildman–Crippen LogP) is 1.72. The highest BCUT2D eigenvalue weighted by Gasteiger charge is 2.30. The Kier molecular flexibility index (Phi) is 7.19. The molecule has 1 unspecified atom stereocenters. The fourth-order valence-corrected chi connectivity index (χ4v) is 4.11. The van der Waals surface area contributed by atoms with E-state index in [0.717, 1.165) is 45.0 Å². The Balaban J connectivity index is 1.35. The van der Waals surface area contributed by atoms with Crippen LogP contribution in [0, 0.1) is 0 Å². The number of aliphatic imine (C=N–C) groups is 1. The first kappa shape index (κ1) is 21.4. The fraction of sp³-hybridized carbons (Fsp3) is 0.522. The minimum absolute atomic E-state index is 0.146. The summed E-state index contributed by atoms with van der Waals surface area (Å²) in [7, 11) is 0. The number of benzene rings is 1. The number of piperazine rings is 1. The van der Waals surface area contributed by atoms with Crippen LogP contribution in [0.1, 0.15) is 30.9 Å². The maximum Gasteiger partial charge on any atom is 0.251 e. The summed E-state index contributed by atoms with van der Waals surface area (Å²) >= 11 is 0. The molecule has 0 spiro atoms. The smallest absolute Gasteiger partial charge is 0.251 e. The number of aromatic nitrogens is 2. The molecule has 3 heterocycles. The van der Waals surface area contributed by atoms with Gasteiger partial charge in [0.25, 0.3) is 5.91 Å². The van der Waals surface area contributed by atoms with Crippen LogP contribution in [-0.2, 0) is 22.6 Å². The Bertz CT molecular complexity index is 868. The van der Waals surface area contributed by atoms with E-state index in [1.165, 1.54) is 11.1 Å². The zero-order valence-electron chi connectivity index (χ0n) is 18.2. The van der Waals surface area contributed by atoms with E-state index in [9.17, 15) is 4.79 Å². The average Bonchev–Trinajstić information content (AvgIpc) is 3.51. The lowest BCUT2D eigenvalue weighted by atomic mass is 10.1. The van der Waals surface area contributed by atoms with E-state index >= 15 is 0 Å². The molecular formula is C23H32N6O2. The lowest BCUT2D eigenvalue weighted by molar-refractivity contribution is -0.142. The number of nitrogens with one attached hydrogen (secondary N) is 1. The number of hydrogen-bond donors (Lipinski definition) is 1. The summed E-state index contributed by atoms with van der Waals surface area (Å²) < 4.78 is 7.49. The molecule has 0 radical (unpaired) electrons. The Morgan fingerprint density at radius 3 is 2.71 bits per heavy atom. The van der Waals surface area contributed by atoms with Gasteiger partial charge in [-0.2, -0.15) is 5.10 Å². The molecule has 2 aromatic rings. The molecule has 31 heavy (non-hydrogen) atoms. The second-order valence-electron chi connectivity index (χ2n) is 8.01. The van der Waals surface area contributed by atoms with Crippen LogP contribution in [-0.4, -0.2) is 76.9 Å². The van der Waals surface area contributed by atoms with Crippen LogP contribution in [0.5, 0.6) is 0 Å². The highest BCUT2D eigenvalue weighted by atomic mass is 16.5. The summed E-state index contributed by atoms with van der Waals surface area (Å²) in [6.45, 7) is 7.95. The highest BCUT2D eigenvalue weighted by Crippen LogP contribution is 2.16. The van der Waals surface area contributed by atoms with E-state index in [1.54, 1.807) is 6.20 Å². The molecule has 1 N–H and O–H groups in total. The summed E-state index contributed by atoms with van der Waals surface area (Å²) in [5.74, 6) is 1.05. The van der Waals surface area contributed by atoms with Crippen LogP contribution >= 0.6 is 0 Å². The number of guanidine groups is 1. The van der Waals surface area contributed by atoms with Gasteiger partial charge in [0.05, 0.1) is 13.1 Å². The summed E-state index contributed by atoms with van der Waals surface area (Å²) in [5.41, 5.74) is 2.38. The van der Waals surface area contributed by atoms with E-state index in [4.69, 9.17) is 9.73 Å². The van der Waals surface area contributed by atoms with E-state index < -0.39 is 0 Å². The Morgan fingerprint density at radius 2 is 2.00 bits per heavy atom. The van der Waals surface area contributed by atoms with Gasteiger partial charge in [0, 0.05) is 51.7 Å². The van der Waals surface area contributed by atoms with Gasteiger partial charge in [-0.15, -0.1) is 0 Å². The monoisotopic (exact) mass is 424 g/mol. The van der Waals surface area contributed by atoms with Gasteiger partial charge in [0.2, 0.25) is 0 Å². The molecule has 0 saturated carbocycles. The zero-order chi connectivity index (χ0) is 21.5. The van der Waals surface area contributed by atoms with Crippen molar-refractivity contribution in [3.63, 3.8) is 0 Å². The van der Waals surface area contributed by atoms with Crippen molar-refractivity contribution >= 4 is 11.9 Å². The van der Waals surface area contributed by atoms with Gasteiger partial charge >= 0.3 is 0 Å². The number of hydrogen-bond acceptors (Lipinski definition) is 4. The zero-order valence-corrected chi connectivity index (χ0v) is 18.2. The summed E-state index contributed by atoms with van der Waals surface area (Å²) in [6.07, 6.45) is 5.37. The van der Waals surface area contributed by atoms with Gasteiger partial charge in [0.1, 0.15) is 6.10 Å². The normalized spacial score (nSPS) is 19.6. The van der Waals surface area contributed by atoms with Crippen LogP contribution in [0.4, 0.5) is 0 Å². The number of carbonyl (C=O) groups excluding carboxylic acids is 1. The number of carbonyl (C=O) groups is 1. The molecular weight excluding hydrogens is 392 g/mol. The molecule has 1 aromatic heterocycles. The van der Waals surface area contributed by atoms with Crippen LogP contribution in [0.15, 0.2) is 47.7 Å². The molecule has 2 aliphatic rings. The molecule has 4 rings (SSSR count). The second-order valence-corrected chi connectivity index (χ2v) is 8.01. The van der Waals surface area contributed by atoms with Gasteiger partial charge in [-0.1, -0.05) is 24.3 Å². The predicted molar refractivity (Wildman–Crippen MR) is 120 cm³/mol. The Hall–Kier alpha value is -2.87. The highest BCUT2D eigenvalue weighted by molar-refractivity contribution is 5.82. The number of rotatable bonds is 6. The molecule has 0 aliphatic carbocycles. The van der Waals surface area contributed by atoms with Crippen molar-refractivity contribution in [1.29, 1.82) is 0 Å². The van der Waals surface area contributed by atoms with Crippen molar-refractivity contribution in [2.75, 3.05) is 39.3 Å². The minimum atomic E-state index is -0.234. The van der Waals surface area contributed by atoms with E-state index in [0.29, 0.717) is 26.2 Å². The van der Waals surface area contributed by atoms with Gasteiger partial charge < -0.3 is 19.9 Å². The third-order valence-corrected chi connectivity index (χ3v) is 5.74. The number of amides is 1. The van der Waals surface area contributed by atoms with Crippen LogP contribution in [0.25, 0.3) is 0 Å². The van der Waals surface area contributed by atoms with Gasteiger partial charge in [0.15, 0.2) is 5.96 Å². The van der Waals surface area contributed by atoms with E-state index in [1.807, 2.05) is 21.8 Å².